The van der Waals surface area contributed by atoms with Crippen LogP contribution in [-0.4, -0.2) is 19.6 Å². The van der Waals surface area contributed by atoms with Gasteiger partial charge in [-0.25, -0.2) is 0 Å². The maximum absolute atomic E-state index is 12.0. The Balaban J connectivity index is 2.49. The summed E-state index contributed by atoms with van der Waals surface area (Å²) in [5.41, 5.74) is 2.17. The molecule has 0 aromatic rings. The molecular formula is C16H24O2Si. The summed E-state index contributed by atoms with van der Waals surface area (Å²) in [4.78, 5) is 23.8. The summed E-state index contributed by atoms with van der Waals surface area (Å²) in [6, 6.07) is 0. The van der Waals surface area contributed by atoms with Crippen molar-refractivity contribution in [1.29, 1.82) is 0 Å². The summed E-state index contributed by atoms with van der Waals surface area (Å²) in [6.07, 6.45) is 6.36. The number of rotatable bonds is 2. The molecule has 19 heavy (non-hydrogen) atoms. The lowest BCUT2D eigenvalue weighted by Gasteiger charge is -2.25. The van der Waals surface area contributed by atoms with Crippen molar-refractivity contribution in [2.24, 2.45) is 5.92 Å². The van der Waals surface area contributed by atoms with E-state index >= 15 is 0 Å². The van der Waals surface area contributed by atoms with Crippen LogP contribution in [0.4, 0.5) is 0 Å². The molecule has 0 unspecified atom stereocenters. The molecule has 0 radical (unpaired) electrons. The van der Waals surface area contributed by atoms with Gasteiger partial charge in [-0.1, -0.05) is 30.9 Å². The zero-order valence-electron chi connectivity index (χ0n) is 12.5. The van der Waals surface area contributed by atoms with Gasteiger partial charge in [0.1, 0.15) is 5.78 Å². The van der Waals surface area contributed by atoms with Crippen LogP contribution in [0.2, 0.25) is 19.6 Å². The van der Waals surface area contributed by atoms with Crippen LogP contribution in [0.1, 0.15) is 39.0 Å². The molecule has 0 bridgehead atoms. The molecule has 2 nitrogen and oxygen atoms in total. The Hall–Kier alpha value is -0.963. The second-order valence-corrected chi connectivity index (χ2v) is 12.0. The topological polar surface area (TPSA) is 34.1 Å². The van der Waals surface area contributed by atoms with Crippen molar-refractivity contribution in [2.45, 2.75) is 58.7 Å². The van der Waals surface area contributed by atoms with E-state index in [2.05, 4.69) is 25.7 Å². The molecule has 0 fully saturated rings. The van der Waals surface area contributed by atoms with Crippen LogP contribution in [-0.2, 0) is 9.59 Å². The molecule has 2 aliphatic carbocycles. The molecule has 2 aliphatic rings. The normalized spacial score (nSPS) is 27.5. The van der Waals surface area contributed by atoms with Crippen molar-refractivity contribution in [2.75, 3.05) is 0 Å². The monoisotopic (exact) mass is 276 g/mol. The number of fused-ring (bicyclic) bond motifs is 1. The molecule has 1 atom stereocenters. The van der Waals surface area contributed by atoms with Crippen molar-refractivity contribution >= 4 is 19.6 Å². The van der Waals surface area contributed by atoms with E-state index in [0.717, 1.165) is 24.8 Å². The molecule has 3 heteroatoms. The number of carbonyl (C=O) groups excluding carboxylic acids is 2. The molecule has 0 aromatic heterocycles. The highest BCUT2D eigenvalue weighted by Gasteiger charge is 2.31. The zero-order valence-corrected chi connectivity index (χ0v) is 13.5. The van der Waals surface area contributed by atoms with Gasteiger partial charge in [0.05, 0.1) is 8.07 Å². The number of Topliss-reactive ketones (excluding diaryl/α,β-unsaturated/α-hetero) is 2. The van der Waals surface area contributed by atoms with Crippen LogP contribution in [0.15, 0.2) is 22.4 Å². The van der Waals surface area contributed by atoms with Gasteiger partial charge in [0.25, 0.3) is 0 Å². The van der Waals surface area contributed by atoms with Gasteiger partial charge in [-0.05, 0) is 43.3 Å². The standard InChI is InChI=1S/C16H24O2Si/c1-11(17)15-8-5-12-9-13(18)6-7-14(10-16(12)15)19(2,3)4/h10,12H,5-9H2,1-4H3/b14-10+/t12-/m0/s1. The Labute approximate surface area is 117 Å². The van der Waals surface area contributed by atoms with Crippen molar-refractivity contribution in [3.63, 3.8) is 0 Å². The number of carbonyl (C=O) groups is 2. The predicted molar refractivity (Wildman–Crippen MR) is 80.7 cm³/mol. The molecule has 0 saturated heterocycles. The van der Waals surface area contributed by atoms with Crippen LogP contribution < -0.4 is 0 Å². The van der Waals surface area contributed by atoms with E-state index in [1.165, 1.54) is 10.8 Å². The van der Waals surface area contributed by atoms with Gasteiger partial charge >= 0.3 is 0 Å². The summed E-state index contributed by atoms with van der Waals surface area (Å²) < 4.78 is 0. The Morgan fingerprint density at radius 3 is 2.47 bits per heavy atom. The smallest absolute Gasteiger partial charge is 0.156 e. The fourth-order valence-electron chi connectivity index (χ4n) is 3.16. The molecule has 0 N–H and O–H groups in total. The average Bonchev–Trinajstić information content (AvgIpc) is 2.62. The van der Waals surface area contributed by atoms with E-state index in [4.69, 9.17) is 0 Å². The van der Waals surface area contributed by atoms with Gasteiger partial charge in [-0.2, -0.15) is 0 Å². The summed E-state index contributed by atoms with van der Waals surface area (Å²) >= 11 is 0. The van der Waals surface area contributed by atoms with Crippen LogP contribution in [0.5, 0.6) is 0 Å². The Morgan fingerprint density at radius 2 is 1.89 bits per heavy atom. The fourth-order valence-corrected chi connectivity index (χ4v) is 4.63. The van der Waals surface area contributed by atoms with E-state index in [-0.39, 0.29) is 5.78 Å². The minimum atomic E-state index is -1.40. The summed E-state index contributed by atoms with van der Waals surface area (Å²) in [5.74, 6) is 0.867. The van der Waals surface area contributed by atoms with Crippen LogP contribution in [0.25, 0.3) is 0 Å². The summed E-state index contributed by atoms with van der Waals surface area (Å²) in [7, 11) is -1.40. The first-order chi connectivity index (χ1) is 8.79. The highest BCUT2D eigenvalue weighted by Crippen LogP contribution is 2.39. The molecule has 2 rings (SSSR count). The highest BCUT2D eigenvalue weighted by molar-refractivity contribution is 6.83. The molecule has 0 spiro atoms. The number of hydrogen-bond donors (Lipinski definition) is 0. The van der Waals surface area contributed by atoms with E-state index in [1.807, 2.05) is 0 Å². The Morgan fingerprint density at radius 1 is 1.21 bits per heavy atom. The van der Waals surface area contributed by atoms with Crippen molar-refractivity contribution in [1.82, 2.24) is 0 Å². The second-order valence-electron chi connectivity index (χ2n) is 6.89. The van der Waals surface area contributed by atoms with Crippen molar-refractivity contribution < 1.29 is 9.59 Å². The SMILES string of the molecule is CC(=O)C1=C2/C=C(/[Si](C)(C)C)CCC(=O)C[C@@H]2CC1. The molecule has 0 aliphatic heterocycles. The number of ketones is 2. The molecule has 0 amide bonds. The lowest BCUT2D eigenvalue weighted by Crippen LogP contribution is -2.26. The van der Waals surface area contributed by atoms with E-state index in [1.54, 1.807) is 6.92 Å². The third-order valence-electron chi connectivity index (χ3n) is 4.40. The number of hydrogen-bond acceptors (Lipinski definition) is 2. The Kier molecular flexibility index (Phi) is 3.95. The van der Waals surface area contributed by atoms with Crippen molar-refractivity contribution in [3.05, 3.63) is 22.4 Å². The Bertz CT molecular complexity index is 477. The molecular weight excluding hydrogens is 252 g/mol. The first kappa shape index (κ1) is 14.4. The quantitative estimate of drug-likeness (QED) is 0.718. The lowest BCUT2D eigenvalue weighted by molar-refractivity contribution is -0.119. The second kappa shape index (κ2) is 5.20. The third kappa shape index (κ3) is 3.14. The van der Waals surface area contributed by atoms with Crippen LogP contribution in [0.3, 0.4) is 0 Å². The lowest BCUT2D eigenvalue weighted by atomic mass is 9.90. The fraction of sp³-hybridized carbons (Fsp3) is 0.625. The zero-order chi connectivity index (χ0) is 14.2. The van der Waals surface area contributed by atoms with Crippen molar-refractivity contribution in [3.8, 4) is 0 Å². The molecule has 0 saturated carbocycles. The van der Waals surface area contributed by atoms with Gasteiger partial charge in [-0.3, -0.25) is 9.59 Å². The first-order valence-corrected chi connectivity index (χ1v) is 10.8. The maximum Gasteiger partial charge on any atom is 0.156 e. The third-order valence-corrected chi connectivity index (χ3v) is 6.72. The van der Waals surface area contributed by atoms with E-state index in [0.29, 0.717) is 24.5 Å². The predicted octanol–water partition coefficient (Wildman–Crippen LogP) is 3.84. The first-order valence-electron chi connectivity index (χ1n) is 7.25. The van der Waals surface area contributed by atoms with Gasteiger partial charge < -0.3 is 0 Å². The average molecular weight is 276 g/mol. The summed E-state index contributed by atoms with van der Waals surface area (Å²) in [6.45, 7) is 8.63. The summed E-state index contributed by atoms with van der Waals surface area (Å²) in [5, 5.41) is 1.45. The van der Waals surface area contributed by atoms with Crippen LogP contribution in [0, 0.1) is 5.92 Å². The maximum atomic E-state index is 12.0. The van der Waals surface area contributed by atoms with E-state index < -0.39 is 8.07 Å². The molecule has 104 valence electrons. The molecule has 0 aromatic carbocycles. The van der Waals surface area contributed by atoms with Gasteiger partial charge in [-0.15, -0.1) is 0 Å². The van der Waals surface area contributed by atoms with E-state index in [9.17, 15) is 9.59 Å². The minimum absolute atomic E-state index is 0.191. The highest BCUT2D eigenvalue weighted by atomic mass is 28.3. The minimum Gasteiger partial charge on any atom is -0.300 e. The molecule has 0 heterocycles. The van der Waals surface area contributed by atoms with Gasteiger partial charge in [0.2, 0.25) is 0 Å². The van der Waals surface area contributed by atoms with Crippen LogP contribution >= 0.6 is 0 Å². The largest absolute Gasteiger partial charge is 0.300 e. The van der Waals surface area contributed by atoms with Gasteiger partial charge in [0, 0.05) is 12.8 Å². The van der Waals surface area contributed by atoms with Gasteiger partial charge in [0.15, 0.2) is 5.78 Å². The number of allylic oxidation sites excluding steroid dienone is 4.